The molecular weight excluding hydrogens is 347 g/mol. The molecule has 1 N–H and O–H groups in total. The predicted octanol–water partition coefficient (Wildman–Crippen LogP) is 1.96. The number of halogens is 2. The lowest BCUT2D eigenvalue weighted by atomic mass is 10.0. The summed E-state index contributed by atoms with van der Waals surface area (Å²) in [7, 11) is -3.79. The minimum atomic E-state index is -3.79. The second-order valence-electron chi connectivity index (χ2n) is 5.48. The van der Waals surface area contributed by atoms with Gasteiger partial charge in [-0.1, -0.05) is 15.9 Å². The minimum Gasteiger partial charge on any atom is -0.315 e. The van der Waals surface area contributed by atoms with Crippen molar-refractivity contribution in [2.75, 3.05) is 13.1 Å². The van der Waals surface area contributed by atoms with Gasteiger partial charge >= 0.3 is 0 Å². The predicted molar refractivity (Wildman–Crippen MR) is 77.4 cm³/mol. The highest BCUT2D eigenvalue weighted by Crippen LogP contribution is 2.37. The molecule has 1 aromatic rings. The maximum atomic E-state index is 14.0. The summed E-state index contributed by atoms with van der Waals surface area (Å²) in [5.74, 6) is -0.376. The van der Waals surface area contributed by atoms with Crippen LogP contribution in [-0.2, 0) is 10.0 Å². The van der Waals surface area contributed by atoms with Gasteiger partial charge in [0, 0.05) is 23.1 Å². The largest absolute Gasteiger partial charge is 0.315 e. The van der Waals surface area contributed by atoms with Crippen LogP contribution in [0.5, 0.6) is 0 Å². The lowest BCUT2D eigenvalue weighted by molar-refractivity contribution is 0.334. The highest BCUT2D eigenvalue weighted by Gasteiger charge is 2.48. The van der Waals surface area contributed by atoms with E-state index in [1.807, 2.05) is 6.92 Å². The van der Waals surface area contributed by atoms with Crippen LogP contribution in [0, 0.1) is 11.7 Å². The Hall–Kier alpha value is -0.500. The Bertz CT molecular complexity index is 637. The molecule has 2 aliphatic rings. The number of nitrogens with one attached hydrogen (secondary N) is 1. The Morgan fingerprint density at radius 3 is 2.85 bits per heavy atom. The first-order valence-corrected chi connectivity index (χ1v) is 8.84. The summed E-state index contributed by atoms with van der Waals surface area (Å²) in [5, 5.41) is 3.21. The van der Waals surface area contributed by atoms with Crippen molar-refractivity contribution < 1.29 is 12.8 Å². The molecular formula is C13H16BrFN2O2S. The lowest BCUT2D eigenvalue weighted by Crippen LogP contribution is -2.42. The van der Waals surface area contributed by atoms with E-state index in [0.717, 1.165) is 13.0 Å². The molecule has 1 aromatic carbocycles. The van der Waals surface area contributed by atoms with Gasteiger partial charge in [-0.15, -0.1) is 0 Å². The van der Waals surface area contributed by atoms with Crippen LogP contribution < -0.4 is 5.32 Å². The molecule has 3 atom stereocenters. The number of hydrogen-bond acceptors (Lipinski definition) is 3. The van der Waals surface area contributed by atoms with Gasteiger partial charge in [0.15, 0.2) is 0 Å². The third kappa shape index (κ3) is 2.20. The molecule has 2 aliphatic heterocycles. The standard InChI is InChI=1S/C13H16BrFN2O2S/c1-8-4-9-6-16-7-12(9)17(8)20(18,19)13-3-2-10(14)5-11(13)15/h2-3,5,8-9,12,16H,4,6-7H2,1H3. The van der Waals surface area contributed by atoms with E-state index in [0.29, 0.717) is 16.9 Å². The monoisotopic (exact) mass is 362 g/mol. The van der Waals surface area contributed by atoms with Crippen LogP contribution in [0.25, 0.3) is 0 Å². The Morgan fingerprint density at radius 2 is 2.15 bits per heavy atom. The number of fused-ring (bicyclic) bond motifs is 1. The molecule has 3 rings (SSSR count). The lowest BCUT2D eigenvalue weighted by Gasteiger charge is -2.26. The van der Waals surface area contributed by atoms with Crippen molar-refractivity contribution in [2.24, 2.45) is 5.92 Å². The fraction of sp³-hybridized carbons (Fsp3) is 0.538. The van der Waals surface area contributed by atoms with E-state index in [9.17, 15) is 12.8 Å². The Labute approximate surface area is 126 Å². The van der Waals surface area contributed by atoms with Crippen LogP contribution in [0.4, 0.5) is 4.39 Å². The van der Waals surface area contributed by atoms with E-state index >= 15 is 0 Å². The van der Waals surface area contributed by atoms with Crippen molar-refractivity contribution in [2.45, 2.75) is 30.3 Å². The van der Waals surface area contributed by atoms with E-state index in [4.69, 9.17) is 0 Å². The van der Waals surface area contributed by atoms with Gasteiger partial charge in [-0.2, -0.15) is 4.31 Å². The summed E-state index contributed by atoms with van der Waals surface area (Å²) < 4.78 is 41.6. The molecule has 4 nitrogen and oxygen atoms in total. The molecule has 110 valence electrons. The van der Waals surface area contributed by atoms with E-state index < -0.39 is 15.8 Å². The number of hydrogen-bond donors (Lipinski definition) is 1. The summed E-state index contributed by atoms with van der Waals surface area (Å²) in [6, 6.07) is 3.94. The molecule has 20 heavy (non-hydrogen) atoms. The zero-order valence-corrected chi connectivity index (χ0v) is 13.4. The minimum absolute atomic E-state index is 0.0574. The first-order chi connectivity index (χ1) is 9.41. The molecule has 2 saturated heterocycles. The molecule has 0 spiro atoms. The molecule has 3 unspecified atom stereocenters. The number of sulfonamides is 1. The highest BCUT2D eigenvalue weighted by atomic mass is 79.9. The maximum absolute atomic E-state index is 14.0. The normalized spacial score (nSPS) is 30.6. The molecule has 0 saturated carbocycles. The van der Waals surface area contributed by atoms with E-state index in [2.05, 4.69) is 21.2 Å². The van der Waals surface area contributed by atoms with Crippen LogP contribution in [-0.4, -0.2) is 37.9 Å². The Kier molecular flexibility index (Phi) is 3.64. The van der Waals surface area contributed by atoms with Crippen molar-refractivity contribution in [3.8, 4) is 0 Å². The van der Waals surface area contributed by atoms with Crippen LogP contribution >= 0.6 is 15.9 Å². The van der Waals surface area contributed by atoms with Crippen molar-refractivity contribution in [1.82, 2.24) is 9.62 Å². The summed E-state index contributed by atoms with van der Waals surface area (Å²) in [5.41, 5.74) is 0. The van der Waals surface area contributed by atoms with Crippen molar-refractivity contribution in [3.05, 3.63) is 28.5 Å². The smallest absolute Gasteiger partial charge is 0.246 e. The molecule has 0 amide bonds. The topological polar surface area (TPSA) is 49.4 Å². The van der Waals surface area contributed by atoms with Crippen LogP contribution in [0.1, 0.15) is 13.3 Å². The third-order valence-corrected chi connectivity index (χ3v) is 6.72. The Morgan fingerprint density at radius 1 is 1.40 bits per heavy atom. The van der Waals surface area contributed by atoms with E-state index in [1.54, 1.807) is 6.07 Å². The van der Waals surface area contributed by atoms with Gasteiger partial charge in [-0.3, -0.25) is 0 Å². The van der Waals surface area contributed by atoms with E-state index in [1.165, 1.54) is 16.4 Å². The van der Waals surface area contributed by atoms with Crippen LogP contribution in [0.3, 0.4) is 0 Å². The average molecular weight is 363 g/mol. The van der Waals surface area contributed by atoms with Gasteiger partial charge in [0.25, 0.3) is 0 Å². The second-order valence-corrected chi connectivity index (χ2v) is 8.21. The molecule has 0 bridgehead atoms. The zero-order valence-electron chi connectivity index (χ0n) is 11.0. The van der Waals surface area contributed by atoms with Gasteiger partial charge in [0.05, 0.1) is 0 Å². The highest BCUT2D eigenvalue weighted by molar-refractivity contribution is 9.10. The summed E-state index contributed by atoms with van der Waals surface area (Å²) >= 11 is 3.15. The van der Waals surface area contributed by atoms with Crippen molar-refractivity contribution in [3.63, 3.8) is 0 Å². The average Bonchev–Trinajstić information content (AvgIpc) is 2.87. The van der Waals surface area contributed by atoms with Crippen LogP contribution in [0.15, 0.2) is 27.6 Å². The molecule has 0 radical (unpaired) electrons. The van der Waals surface area contributed by atoms with Gasteiger partial charge < -0.3 is 5.32 Å². The zero-order chi connectivity index (χ0) is 14.5. The molecule has 7 heteroatoms. The summed E-state index contributed by atoms with van der Waals surface area (Å²) in [6.45, 7) is 3.38. The van der Waals surface area contributed by atoms with Crippen molar-refractivity contribution >= 4 is 26.0 Å². The molecule has 2 fully saturated rings. The summed E-state index contributed by atoms with van der Waals surface area (Å²) in [6.07, 6.45) is 0.828. The maximum Gasteiger partial charge on any atom is 0.246 e. The first kappa shape index (κ1) is 14.4. The quantitative estimate of drug-likeness (QED) is 0.874. The Balaban J connectivity index is 2.03. The SMILES string of the molecule is CC1CC2CNCC2N1S(=O)(=O)c1ccc(Br)cc1F. The van der Waals surface area contributed by atoms with Gasteiger partial charge in [-0.05, 0) is 44.0 Å². The van der Waals surface area contributed by atoms with E-state index in [-0.39, 0.29) is 17.0 Å². The fourth-order valence-corrected chi connectivity index (χ4v) is 5.61. The van der Waals surface area contributed by atoms with Crippen LogP contribution in [0.2, 0.25) is 0 Å². The van der Waals surface area contributed by atoms with Gasteiger partial charge in [0.2, 0.25) is 10.0 Å². The molecule has 2 heterocycles. The third-order valence-electron chi connectivity index (χ3n) is 4.16. The summed E-state index contributed by atoms with van der Waals surface area (Å²) in [4.78, 5) is -0.236. The number of benzene rings is 1. The first-order valence-electron chi connectivity index (χ1n) is 6.60. The number of nitrogens with zero attached hydrogens (tertiary/aromatic N) is 1. The number of rotatable bonds is 2. The molecule has 0 aliphatic carbocycles. The molecule has 0 aromatic heterocycles. The van der Waals surface area contributed by atoms with Crippen molar-refractivity contribution in [1.29, 1.82) is 0 Å². The van der Waals surface area contributed by atoms with Gasteiger partial charge in [0.1, 0.15) is 10.7 Å². The van der Waals surface area contributed by atoms with Gasteiger partial charge in [-0.25, -0.2) is 12.8 Å². The fourth-order valence-electron chi connectivity index (χ4n) is 3.34. The second kappa shape index (κ2) is 5.05.